The lowest BCUT2D eigenvalue weighted by Gasteiger charge is -1.98. The van der Waals surface area contributed by atoms with Crippen LogP contribution in [-0.4, -0.2) is 17.1 Å². The average Bonchev–Trinajstić information content (AvgIpc) is 2.70. The molecule has 0 aliphatic rings. The Labute approximate surface area is 113 Å². The Balaban J connectivity index is 2.42. The number of carbonyl (C=O) groups excluding carboxylic acids is 1. The summed E-state index contributed by atoms with van der Waals surface area (Å²) in [4.78, 5) is 10.2. The average molecular weight is 310 g/mol. The summed E-state index contributed by atoms with van der Waals surface area (Å²) in [6.07, 6.45) is -5.06. The van der Waals surface area contributed by atoms with Gasteiger partial charge in [-0.15, -0.1) is 0 Å². The molecule has 0 spiro atoms. The van der Waals surface area contributed by atoms with Crippen LogP contribution in [-0.2, 0) is 0 Å². The van der Waals surface area contributed by atoms with Crippen molar-refractivity contribution in [2.24, 2.45) is 0 Å². The van der Waals surface area contributed by atoms with Crippen molar-refractivity contribution in [2.75, 3.05) is 0 Å². The molecule has 0 aliphatic carbocycles. The van der Waals surface area contributed by atoms with E-state index in [0.717, 1.165) is 0 Å². The van der Waals surface area contributed by atoms with Crippen molar-refractivity contribution >= 4 is 28.7 Å². The monoisotopic (exact) mass is 309 g/mol. The molecular formula is C11H5ClF3O3S+. The van der Waals surface area contributed by atoms with Gasteiger partial charge in [-0.3, -0.25) is 9.21 Å². The van der Waals surface area contributed by atoms with Gasteiger partial charge in [0.25, 0.3) is 5.78 Å². The standard InChI is InChI=1S/C11H4ClF3O3S/c12-6-3-1-5(2-4-6)10-18-9(17)7(19-10)8(16)11(13,14)15/h1-4H/p+1. The normalized spacial score (nSPS) is 11.6. The van der Waals surface area contributed by atoms with Crippen molar-refractivity contribution in [1.29, 1.82) is 0 Å². The van der Waals surface area contributed by atoms with Gasteiger partial charge in [0.2, 0.25) is 4.88 Å². The molecule has 0 atom stereocenters. The molecule has 0 amide bonds. The highest BCUT2D eigenvalue weighted by Gasteiger charge is 2.46. The van der Waals surface area contributed by atoms with Crippen LogP contribution in [0.5, 0.6) is 5.95 Å². The molecule has 0 saturated heterocycles. The third kappa shape index (κ3) is 2.87. The Morgan fingerprint density at radius 3 is 2.37 bits per heavy atom. The zero-order chi connectivity index (χ0) is 14.2. The Morgan fingerprint density at radius 1 is 1.26 bits per heavy atom. The third-order valence-electron chi connectivity index (χ3n) is 2.12. The van der Waals surface area contributed by atoms with E-state index in [1.807, 2.05) is 0 Å². The van der Waals surface area contributed by atoms with E-state index in [2.05, 4.69) is 0 Å². The first-order valence-electron chi connectivity index (χ1n) is 4.82. The van der Waals surface area contributed by atoms with Crippen LogP contribution in [0.25, 0.3) is 10.6 Å². The summed E-state index contributed by atoms with van der Waals surface area (Å²) in [5.74, 6) is -3.18. The number of halogens is 4. The van der Waals surface area contributed by atoms with Crippen molar-refractivity contribution in [2.45, 2.75) is 6.18 Å². The number of hydrogen-bond donors (Lipinski definition) is 1. The first-order chi connectivity index (χ1) is 8.79. The molecule has 0 fully saturated rings. The Bertz CT molecular complexity index is 619. The zero-order valence-electron chi connectivity index (χ0n) is 8.99. The Hall–Kier alpha value is -1.60. The minimum Gasteiger partial charge on any atom is -0.334 e. The van der Waals surface area contributed by atoms with Gasteiger partial charge >= 0.3 is 17.2 Å². The molecule has 2 rings (SSSR count). The van der Waals surface area contributed by atoms with Crippen LogP contribution in [0.1, 0.15) is 9.67 Å². The summed E-state index contributed by atoms with van der Waals surface area (Å²) in [6, 6.07) is 6.01. The number of rotatable bonds is 2. The lowest BCUT2D eigenvalue weighted by molar-refractivity contribution is -0.0885. The molecule has 0 aliphatic heterocycles. The van der Waals surface area contributed by atoms with Crippen molar-refractivity contribution in [1.82, 2.24) is 0 Å². The summed E-state index contributed by atoms with van der Waals surface area (Å²) in [7, 11) is 0. The first kappa shape index (κ1) is 13.8. The van der Waals surface area contributed by atoms with Crippen LogP contribution in [0.2, 0.25) is 5.02 Å². The van der Waals surface area contributed by atoms with E-state index in [-0.39, 0.29) is 5.07 Å². The second-order valence-electron chi connectivity index (χ2n) is 3.46. The highest BCUT2D eigenvalue weighted by molar-refractivity contribution is 7.17. The number of ketones is 1. The van der Waals surface area contributed by atoms with Crippen molar-refractivity contribution in [3.63, 3.8) is 0 Å². The molecule has 3 nitrogen and oxygen atoms in total. The van der Waals surface area contributed by atoms with Gasteiger partial charge in [0.1, 0.15) is 0 Å². The Morgan fingerprint density at radius 2 is 1.84 bits per heavy atom. The molecule has 0 bridgehead atoms. The number of Topliss-reactive ketones (excluding diaryl/α,β-unsaturated/α-hetero) is 1. The third-order valence-corrected chi connectivity index (χ3v) is 3.44. The van der Waals surface area contributed by atoms with Gasteiger partial charge in [-0.05, 0) is 35.6 Å². The summed E-state index contributed by atoms with van der Waals surface area (Å²) >= 11 is 6.09. The van der Waals surface area contributed by atoms with Crippen LogP contribution >= 0.6 is 22.9 Å². The van der Waals surface area contributed by atoms with Crippen molar-refractivity contribution in [3.05, 3.63) is 34.2 Å². The predicted molar refractivity (Wildman–Crippen MR) is 63.5 cm³/mol. The molecule has 0 radical (unpaired) electrons. The van der Waals surface area contributed by atoms with Gasteiger partial charge in [0, 0.05) is 5.02 Å². The molecule has 8 heteroatoms. The van der Waals surface area contributed by atoms with E-state index in [4.69, 9.17) is 16.0 Å². The number of aromatic hydroxyl groups is 1. The molecule has 1 aromatic carbocycles. The van der Waals surface area contributed by atoms with Gasteiger partial charge in [0.15, 0.2) is 0 Å². The molecule has 1 N–H and O–H groups in total. The zero-order valence-corrected chi connectivity index (χ0v) is 10.6. The Kier molecular flexibility index (Phi) is 3.51. The van der Waals surface area contributed by atoms with E-state index in [1.165, 1.54) is 24.3 Å². The van der Waals surface area contributed by atoms with Gasteiger partial charge in [-0.25, -0.2) is 0 Å². The fourth-order valence-corrected chi connectivity index (χ4v) is 2.29. The second-order valence-corrected chi connectivity index (χ2v) is 4.88. The summed E-state index contributed by atoms with van der Waals surface area (Å²) in [6.45, 7) is 0. The largest absolute Gasteiger partial charge is 0.539 e. The van der Waals surface area contributed by atoms with Gasteiger partial charge < -0.3 is 5.11 Å². The minimum atomic E-state index is -5.06. The van der Waals surface area contributed by atoms with Crippen LogP contribution in [0, 0.1) is 0 Å². The molecule has 19 heavy (non-hydrogen) atoms. The van der Waals surface area contributed by atoms with Crippen molar-refractivity contribution < 1.29 is 27.5 Å². The van der Waals surface area contributed by atoms with Crippen LogP contribution < -0.4 is 0 Å². The summed E-state index contributed by atoms with van der Waals surface area (Å²) in [5.41, 5.74) is 0.408. The van der Waals surface area contributed by atoms with E-state index < -0.39 is 22.8 Å². The maximum atomic E-state index is 12.3. The van der Waals surface area contributed by atoms with Gasteiger partial charge in [0.05, 0.1) is 5.56 Å². The molecule has 2 aromatic rings. The first-order valence-corrected chi connectivity index (χ1v) is 6.02. The van der Waals surface area contributed by atoms with E-state index in [9.17, 15) is 23.1 Å². The van der Waals surface area contributed by atoms with Gasteiger partial charge in [-0.2, -0.15) is 13.2 Å². The highest BCUT2D eigenvalue weighted by atomic mass is 35.5. The smallest absolute Gasteiger partial charge is 0.334 e. The maximum absolute atomic E-state index is 12.3. The van der Waals surface area contributed by atoms with E-state index in [0.29, 0.717) is 21.9 Å². The van der Waals surface area contributed by atoms with Gasteiger partial charge in [-0.1, -0.05) is 11.6 Å². The molecule has 0 saturated carbocycles. The fraction of sp³-hybridized carbons (Fsp3) is 0.0909. The molecule has 100 valence electrons. The van der Waals surface area contributed by atoms with Crippen LogP contribution in [0.3, 0.4) is 0 Å². The topological polar surface area (TPSA) is 48.6 Å². The van der Waals surface area contributed by atoms with E-state index in [1.54, 1.807) is 0 Å². The highest BCUT2D eigenvalue weighted by Crippen LogP contribution is 2.38. The maximum Gasteiger partial charge on any atom is 0.539 e. The van der Waals surface area contributed by atoms with Crippen LogP contribution in [0.4, 0.5) is 13.2 Å². The van der Waals surface area contributed by atoms with E-state index >= 15 is 0 Å². The SMILES string of the molecule is O=C(c1sc(-c2ccc(Cl)cc2)[o+]c1O)C(F)(F)F. The fourth-order valence-electron chi connectivity index (χ4n) is 1.27. The predicted octanol–water partition coefficient (Wildman–Crippen LogP) is 4.39. The number of hydrogen-bond acceptors (Lipinski definition) is 3. The molecule has 0 unspecified atom stereocenters. The lowest BCUT2D eigenvalue weighted by Crippen LogP contribution is -2.21. The number of benzene rings is 1. The number of carbonyl (C=O) groups is 1. The lowest BCUT2D eigenvalue weighted by atomic mass is 10.2. The molecular weight excluding hydrogens is 305 g/mol. The summed E-state index contributed by atoms with van der Waals surface area (Å²) < 4.78 is 41.6. The molecule has 1 heterocycles. The van der Waals surface area contributed by atoms with Crippen molar-refractivity contribution in [3.8, 4) is 16.6 Å². The number of alkyl halides is 3. The van der Waals surface area contributed by atoms with Crippen LogP contribution in [0.15, 0.2) is 28.7 Å². The second kappa shape index (κ2) is 4.82. The quantitative estimate of drug-likeness (QED) is 0.661. The summed E-state index contributed by atoms with van der Waals surface area (Å²) in [5, 5.41) is 9.71. The molecule has 1 aromatic heterocycles. The minimum absolute atomic E-state index is 0.0123.